The van der Waals surface area contributed by atoms with E-state index in [1.54, 1.807) is 12.1 Å². The van der Waals surface area contributed by atoms with Crippen molar-refractivity contribution in [3.8, 4) is 0 Å². The van der Waals surface area contributed by atoms with Crippen molar-refractivity contribution < 1.29 is 4.39 Å². The molecule has 134 valence electrons. The average Bonchev–Trinajstić information content (AvgIpc) is 2.86. The van der Waals surface area contributed by atoms with Crippen LogP contribution in [0.4, 0.5) is 15.8 Å². The van der Waals surface area contributed by atoms with Crippen LogP contribution in [0.3, 0.4) is 0 Å². The van der Waals surface area contributed by atoms with Crippen LogP contribution in [0.1, 0.15) is 17.0 Å². The molecule has 7 heteroatoms. The highest BCUT2D eigenvalue weighted by atomic mass is 35.5. The molecule has 0 spiro atoms. The molecule has 26 heavy (non-hydrogen) atoms. The molecule has 0 aliphatic carbocycles. The van der Waals surface area contributed by atoms with Gasteiger partial charge in [-0.3, -0.25) is 4.68 Å². The van der Waals surface area contributed by atoms with Crippen molar-refractivity contribution in [3.63, 3.8) is 0 Å². The molecule has 0 amide bonds. The number of anilines is 2. The van der Waals surface area contributed by atoms with Crippen molar-refractivity contribution in [3.05, 3.63) is 76.3 Å². The molecule has 1 aromatic heterocycles. The van der Waals surface area contributed by atoms with E-state index in [1.807, 2.05) is 42.8 Å². The fraction of sp³-hybridized carbons (Fsp3) is 0.158. The van der Waals surface area contributed by atoms with Crippen molar-refractivity contribution in [2.24, 2.45) is 0 Å². The van der Waals surface area contributed by atoms with Gasteiger partial charge in [-0.15, -0.1) is 0 Å². The molecule has 0 saturated heterocycles. The number of nitrogens with one attached hydrogen (secondary N) is 2. The van der Waals surface area contributed by atoms with Crippen molar-refractivity contribution in [1.29, 1.82) is 0 Å². The van der Waals surface area contributed by atoms with Crippen LogP contribution >= 0.6 is 23.8 Å². The average molecular weight is 389 g/mol. The smallest absolute Gasteiger partial charge is 0.175 e. The number of halogens is 2. The normalized spacial score (nSPS) is 10.6. The lowest BCUT2D eigenvalue weighted by Gasteiger charge is -2.11. The third-order valence-electron chi connectivity index (χ3n) is 3.97. The van der Waals surface area contributed by atoms with E-state index >= 15 is 0 Å². The maximum Gasteiger partial charge on any atom is 0.175 e. The first-order valence-corrected chi connectivity index (χ1v) is 8.83. The fourth-order valence-corrected chi connectivity index (χ4v) is 2.95. The maximum atomic E-state index is 13.0. The molecule has 2 N–H and O–H groups in total. The van der Waals surface area contributed by atoms with Gasteiger partial charge in [-0.25, -0.2) is 4.39 Å². The Bertz CT molecular complexity index is 920. The summed E-state index contributed by atoms with van der Waals surface area (Å²) in [5.74, 6) is -0.287. The van der Waals surface area contributed by atoms with Gasteiger partial charge in [-0.2, -0.15) is 5.10 Å². The maximum absolute atomic E-state index is 13.0. The fourth-order valence-electron chi connectivity index (χ4n) is 2.60. The highest BCUT2D eigenvalue weighted by Gasteiger charge is 2.13. The molecular weight excluding hydrogens is 371 g/mol. The first kappa shape index (κ1) is 18.4. The second kappa shape index (κ2) is 7.85. The first-order chi connectivity index (χ1) is 12.4. The monoisotopic (exact) mass is 388 g/mol. The van der Waals surface area contributed by atoms with Gasteiger partial charge in [-0.05, 0) is 68.0 Å². The Morgan fingerprint density at radius 3 is 2.38 bits per heavy atom. The predicted molar refractivity (Wildman–Crippen MR) is 108 cm³/mol. The zero-order valence-electron chi connectivity index (χ0n) is 14.4. The molecule has 0 bridgehead atoms. The summed E-state index contributed by atoms with van der Waals surface area (Å²) in [6, 6.07) is 13.7. The summed E-state index contributed by atoms with van der Waals surface area (Å²) in [5.41, 5.74) is 4.50. The van der Waals surface area contributed by atoms with Gasteiger partial charge in [0.05, 0.1) is 23.6 Å². The van der Waals surface area contributed by atoms with E-state index in [2.05, 4.69) is 15.7 Å². The second-order valence-corrected chi connectivity index (χ2v) is 6.76. The summed E-state index contributed by atoms with van der Waals surface area (Å²) in [6.45, 7) is 4.55. The summed E-state index contributed by atoms with van der Waals surface area (Å²) < 4.78 is 14.9. The number of thiocarbonyl (C=S) groups is 1. The van der Waals surface area contributed by atoms with E-state index in [-0.39, 0.29) is 5.82 Å². The van der Waals surface area contributed by atoms with Gasteiger partial charge in [0.25, 0.3) is 0 Å². The molecule has 2 aromatic carbocycles. The van der Waals surface area contributed by atoms with Crippen molar-refractivity contribution in [2.75, 3.05) is 10.6 Å². The Morgan fingerprint density at radius 1 is 1.08 bits per heavy atom. The van der Waals surface area contributed by atoms with Crippen LogP contribution in [0.25, 0.3) is 0 Å². The molecule has 0 aliphatic rings. The van der Waals surface area contributed by atoms with Gasteiger partial charge in [0.2, 0.25) is 0 Å². The van der Waals surface area contributed by atoms with Crippen LogP contribution < -0.4 is 10.6 Å². The Hall–Kier alpha value is -2.44. The van der Waals surface area contributed by atoms with E-state index in [4.69, 9.17) is 23.8 Å². The SMILES string of the molecule is Cc1nn(Cc2ccc(Cl)cc2)c(C)c1NC(=S)Nc1ccc(F)cc1. The number of rotatable bonds is 4. The largest absolute Gasteiger partial charge is 0.332 e. The molecule has 3 aromatic rings. The van der Waals surface area contributed by atoms with Crippen molar-refractivity contribution in [1.82, 2.24) is 9.78 Å². The summed E-state index contributed by atoms with van der Waals surface area (Å²) in [4.78, 5) is 0. The standard InChI is InChI=1S/C19H18ClFN4S/c1-12-18(23-19(26)22-17-9-7-16(21)8-10-17)13(2)25(24-12)11-14-3-5-15(20)6-4-14/h3-10H,11H2,1-2H3,(H2,22,23,26). The predicted octanol–water partition coefficient (Wildman–Crippen LogP) is 5.15. The Morgan fingerprint density at radius 2 is 1.73 bits per heavy atom. The Balaban J connectivity index is 1.71. The lowest BCUT2D eigenvalue weighted by Crippen LogP contribution is -2.20. The Kier molecular flexibility index (Phi) is 5.54. The second-order valence-electron chi connectivity index (χ2n) is 5.92. The number of hydrogen-bond donors (Lipinski definition) is 2. The molecule has 0 aliphatic heterocycles. The van der Waals surface area contributed by atoms with Gasteiger partial charge in [0.15, 0.2) is 5.11 Å². The number of aryl methyl sites for hydroxylation is 1. The summed E-state index contributed by atoms with van der Waals surface area (Å²) in [7, 11) is 0. The molecule has 4 nitrogen and oxygen atoms in total. The van der Waals surface area contributed by atoms with E-state index in [0.29, 0.717) is 22.4 Å². The zero-order chi connectivity index (χ0) is 18.7. The molecule has 3 rings (SSSR count). The van der Waals surface area contributed by atoms with Crippen molar-refractivity contribution >= 4 is 40.3 Å². The van der Waals surface area contributed by atoms with Crippen LogP contribution in [0.2, 0.25) is 5.02 Å². The number of benzene rings is 2. The molecule has 0 fully saturated rings. The third kappa shape index (κ3) is 4.39. The van der Waals surface area contributed by atoms with Crippen molar-refractivity contribution in [2.45, 2.75) is 20.4 Å². The molecule has 0 radical (unpaired) electrons. The van der Waals surface area contributed by atoms with E-state index < -0.39 is 0 Å². The molecule has 1 heterocycles. The summed E-state index contributed by atoms with van der Waals surface area (Å²) in [6.07, 6.45) is 0. The van der Waals surface area contributed by atoms with E-state index in [0.717, 1.165) is 22.6 Å². The highest BCUT2D eigenvalue weighted by molar-refractivity contribution is 7.80. The Labute approximate surface area is 162 Å². The minimum absolute atomic E-state index is 0.287. The van der Waals surface area contributed by atoms with Gasteiger partial charge in [0, 0.05) is 10.7 Å². The highest BCUT2D eigenvalue weighted by Crippen LogP contribution is 2.21. The third-order valence-corrected chi connectivity index (χ3v) is 4.42. The van der Waals surface area contributed by atoms with Gasteiger partial charge in [-0.1, -0.05) is 23.7 Å². The topological polar surface area (TPSA) is 41.9 Å². The number of nitrogens with zero attached hydrogens (tertiary/aromatic N) is 2. The lowest BCUT2D eigenvalue weighted by atomic mass is 10.2. The number of aromatic nitrogens is 2. The number of hydrogen-bond acceptors (Lipinski definition) is 2. The van der Waals surface area contributed by atoms with E-state index in [1.165, 1.54) is 12.1 Å². The van der Waals surface area contributed by atoms with Crippen LogP contribution in [-0.2, 0) is 6.54 Å². The lowest BCUT2D eigenvalue weighted by molar-refractivity contribution is 0.628. The minimum Gasteiger partial charge on any atom is -0.332 e. The van der Waals surface area contributed by atoms with Crippen LogP contribution in [-0.4, -0.2) is 14.9 Å². The van der Waals surface area contributed by atoms with Crippen LogP contribution in [0.15, 0.2) is 48.5 Å². The molecule has 0 saturated carbocycles. The summed E-state index contributed by atoms with van der Waals surface area (Å²) in [5, 5.41) is 11.9. The summed E-state index contributed by atoms with van der Waals surface area (Å²) >= 11 is 11.3. The quantitative estimate of drug-likeness (QED) is 0.606. The molecule has 0 atom stereocenters. The first-order valence-electron chi connectivity index (χ1n) is 8.04. The van der Waals surface area contributed by atoms with Gasteiger partial charge >= 0.3 is 0 Å². The zero-order valence-corrected chi connectivity index (χ0v) is 16.0. The van der Waals surface area contributed by atoms with Crippen LogP contribution in [0.5, 0.6) is 0 Å². The minimum atomic E-state index is -0.287. The van der Waals surface area contributed by atoms with Gasteiger partial charge in [0.1, 0.15) is 5.82 Å². The van der Waals surface area contributed by atoms with Crippen LogP contribution in [0, 0.1) is 19.7 Å². The molecular formula is C19H18ClFN4S. The van der Waals surface area contributed by atoms with E-state index in [9.17, 15) is 4.39 Å². The molecule has 0 unspecified atom stereocenters. The van der Waals surface area contributed by atoms with Gasteiger partial charge < -0.3 is 10.6 Å².